The molecule has 0 saturated heterocycles. The third-order valence-corrected chi connectivity index (χ3v) is 4.10. The maximum atomic E-state index is 12.3. The number of halogens is 2. The fourth-order valence-electron chi connectivity index (χ4n) is 2.18. The summed E-state index contributed by atoms with van der Waals surface area (Å²) >= 11 is 11.8. The van der Waals surface area contributed by atoms with Crippen molar-refractivity contribution in [2.45, 2.75) is 26.2 Å². The third kappa shape index (κ3) is 4.48. The molecule has 0 heterocycles. The van der Waals surface area contributed by atoms with E-state index in [1.165, 1.54) is 12.8 Å². The lowest BCUT2D eigenvalue weighted by Crippen LogP contribution is -2.32. The first-order chi connectivity index (χ1) is 9.10. The van der Waals surface area contributed by atoms with Gasteiger partial charge in [0.05, 0.1) is 16.6 Å². The Morgan fingerprint density at radius 3 is 2.63 bits per heavy atom. The van der Waals surface area contributed by atoms with Gasteiger partial charge in [-0.25, -0.2) is 0 Å². The van der Waals surface area contributed by atoms with Gasteiger partial charge in [-0.1, -0.05) is 30.1 Å². The molecule has 0 unspecified atom stereocenters. The maximum Gasteiger partial charge on any atom is 0.176 e. The van der Waals surface area contributed by atoms with Gasteiger partial charge in [0.1, 0.15) is 0 Å². The molecule has 0 bridgehead atoms. The van der Waals surface area contributed by atoms with Crippen LogP contribution in [-0.4, -0.2) is 30.3 Å². The number of Topliss-reactive ketones (excluding diaryl/α,β-unsaturated/α-hetero) is 1. The Balaban J connectivity index is 1.98. The van der Waals surface area contributed by atoms with Crippen molar-refractivity contribution in [1.82, 2.24) is 4.90 Å². The van der Waals surface area contributed by atoms with E-state index in [4.69, 9.17) is 23.2 Å². The standard InChI is InChI=1S/C15H19Cl2NO/c1-2-7-18(9-11-3-4-11)10-15(19)12-5-6-13(16)14(17)8-12/h5-6,8,11H,2-4,7,9-10H2,1H3. The zero-order valence-corrected chi connectivity index (χ0v) is 12.7. The monoisotopic (exact) mass is 299 g/mol. The average Bonchev–Trinajstić information content (AvgIpc) is 3.16. The van der Waals surface area contributed by atoms with Gasteiger partial charge in [-0.05, 0) is 49.9 Å². The van der Waals surface area contributed by atoms with E-state index in [-0.39, 0.29) is 5.78 Å². The van der Waals surface area contributed by atoms with E-state index in [2.05, 4.69) is 11.8 Å². The summed E-state index contributed by atoms with van der Waals surface area (Å²) in [6.07, 6.45) is 3.68. The molecule has 0 aliphatic heterocycles. The van der Waals surface area contributed by atoms with Gasteiger partial charge in [0, 0.05) is 12.1 Å². The number of carbonyl (C=O) groups is 1. The third-order valence-electron chi connectivity index (χ3n) is 3.36. The molecule has 1 saturated carbocycles. The van der Waals surface area contributed by atoms with E-state index in [1.807, 2.05) is 0 Å². The summed E-state index contributed by atoms with van der Waals surface area (Å²) in [4.78, 5) is 14.5. The Morgan fingerprint density at radius 1 is 1.32 bits per heavy atom. The van der Waals surface area contributed by atoms with Crippen molar-refractivity contribution in [3.63, 3.8) is 0 Å². The Morgan fingerprint density at radius 2 is 2.05 bits per heavy atom. The number of ketones is 1. The summed E-state index contributed by atoms with van der Waals surface area (Å²) in [5.41, 5.74) is 0.645. The molecule has 1 fully saturated rings. The molecule has 2 nitrogen and oxygen atoms in total. The molecule has 1 aliphatic carbocycles. The minimum absolute atomic E-state index is 0.118. The van der Waals surface area contributed by atoms with Gasteiger partial charge in [-0.3, -0.25) is 9.69 Å². The summed E-state index contributed by atoms with van der Waals surface area (Å²) in [7, 11) is 0. The molecule has 0 spiro atoms. The second-order valence-corrected chi connectivity index (χ2v) is 6.04. The zero-order valence-electron chi connectivity index (χ0n) is 11.2. The van der Waals surface area contributed by atoms with E-state index < -0.39 is 0 Å². The largest absolute Gasteiger partial charge is 0.296 e. The van der Waals surface area contributed by atoms with Gasteiger partial charge in [-0.15, -0.1) is 0 Å². The van der Waals surface area contributed by atoms with Crippen molar-refractivity contribution in [1.29, 1.82) is 0 Å². The Bertz CT molecular complexity index is 457. The van der Waals surface area contributed by atoms with Gasteiger partial charge in [0.25, 0.3) is 0 Å². The van der Waals surface area contributed by atoms with Crippen LogP contribution in [0, 0.1) is 5.92 Å². The van der Waals surface area contributed by atoms with Crippen molar-refractivity contribution in [3.8, 4) is 0 Å². The van der Waals surface area contributed by atoms with E-state index in [0.717, 1.165) is 25.4 Å². The van der Waals surface area contributed by atoms with Crippen LogP contribution in [0.15, 0.2) is 18.2 Å². The van der Waals surface area contributed by atoms with E-state index in [1.54, 1.807) is 18.2 Å². The topological polar surface area (TPSA) is 20.3 Å². The smallest absolute Gasteiger partial charge is 0.176 e. The number of hydrogen-bond donors (Lipinski definition) is 0. The summed E-state index contributed by atoms with van der Waals surface area (Å²) in [6.45, 7) is 4.64. The molecular formula is C15H19Cl2NO. The van der Waals surface area contributed by atoms with Crippen molar-refractivity contribution >= 4 is 29.0 Å². The number of nitrogens with zero attached hydrogens (tertiary/aromatic N) is 1. The summed E-state index contributed by atoms with van der Waals surface area (Å²) < 4.78 is 0. The Hall–Kier alpha value is -0.570. The number of benzene rings is 1. The van der Waals surface area contributed by atoms with Crippen LogP contribution in [-0.2, 0) is 0 Å². The van der Waals surface area contributed by atoms with Crippen LogP contribution in [0.2, 0.25) is 10.0 Å². The fourth-order valence-corrected chi connectivity index (χ4v) is 2.48. The number of carbonyl (C=O) groups excluding carboxylic acids is 1. The lowest BCUT2D eigenvalue weighted by atomic mass is 10.1. The van der Waals surface area contributed by atoms with Crippen LogP contribution < -0.4 is 0 Å². The van der Waals surface area contributed by atoms with Crippen molar-refractivity contribution in [3.05, 3.63) is 33.8 Å². The lowest BCUT2D eigenvalue weighted by Gasteiger charge is -2.20. The van der Waals surface area contributed by atoms with Crippen LogP contribution in [0.25, 0.3) is 0 Å². The van der Waals surface area contributed by atoms with Gasteiger partial charge >= 0.3 is 0 Å². The molecule has 4 heteroatoms. The predicted molar refractivity (Wildman–Crippen MR) is 80.2 cm³/mol. The Kier molecular flexibility index (Phi) is 5.26. The molecule has 0 aromatic heterocycles. The van der Waals surface area contributed by atoms with E-state index >= 15 is 0 Å². The molecule has 2 rings (SSSR count). The highest BCUT2D eigenvalue weighted by atomic mass is 35.5. The van der Waals surface area contributed by atoms with Crippen molar-refractivity contribution in [2.75, 3.05) is 19.6 Å². The van der Waals surface area contributed by atoms with Gasteiger partial charge in [0.15, 0.2) is 5.78 Å². The first-order valence-electron chi connectivity index (χ1n) is 6.80. The van der Waals surface area contributed by atoms with Crippen molar-refractivity contribution in [2.24, 2.45) is 5.92 Å². The van der Waals surface area contributed by atoms with Crippen LogP contribution in [0.1, 0.15) is 36.5 Å². The van der Waals surface area contributed by atoms with Gasteiger partial charge < -0.3 is 0 Å². The molecule has 0 N–H and O–H groups in total. The molecule has 1 aliphatic rings. The zero-order chi connectivity index (χ0) is 13.8. The quantitative estimate of drug-likeness (QED) is 0.700. The van der Waals surface area contributed by atoms with E-state index in [9.17, 15) is 4.79 Å². The van der Waals surface area contributed by atoms with Crippen LogP contribution in [0.4, 0.5) is 0 Å². The average molecular weight is 300 g/mol. The second-order valence-electron chi connectivity index (χ2n) is 5.23. The molecule has 1 aromatic rings. The first kappa shape index (κ1) is 14.8. The molecule has 1 aromatic carbocycles. The normalized spacial score (nSPS) is 14.9. The van der Waals surface area contributed by atoms with Crippen LogP contribution in [0.3, 0.4) is 0 Å². The molecule has 0 atom stereocenters. The molecule has 0 amide bonds. The van der Waals surface area contributed by atoms with Gasteiger partial charge in [0.2, 0.25) is 0 Å². The first-order valence-corrected chi connectivity index (χ1v) is 7.56. The number of hydrogen-bond acceptors (Lipinski definition) is 2. The maximum absolute atomic E-state index is 12.3. The van der Waals surface area contributed by atoms with E-state index in [0.29, 0.717) is 22.2 Å². The summed E-state index contributed by atoms with van der Waals surface area (Å²) in [5, 5.41) is 0.929. The fraction of sp³-hybridized carbons (Fsp3) is 0.533. The highest BCUT2D eigenvalue weighted by Gasteiger charge is 2.25. The highest BCUT2D eigenvalue weighted by Crippen LogP contribution is 2.30. The SMILES string of the molecule is CCCN(CC(=O)c1ccc(Cl)c(Cl)c1)CC1CC1. The predicted octanol–water partition coefficient (Wildman–Crippen LogP) is 4.30. The highest BCUT2D eigenvalue weighted by molar-refractivity contribution is 6.42. The minimum atomic E-state index is 0.118. The summed E-state index contributed by atoms with van der Waals surface area (Å²) in [6, 6.07) is 5.09. The molecule has 19 heavy (non-hydrogen) atoms. The minimum Gasteiger partial charge on any atom is -0.296 e. The Labute approximate surface area is 124 Å². The molecule has 0 radical (unpaired) electrons. The molecular weight excluding hydrogens is 281 g/mol. The summed E-state index contributed by atoms with van der Waals surface area (Å²) in [5.74, 6) is 0.917. The second kappa shape index (κ2) is 6.74. The van der Waals surface area contributed by atoms with Crippen molar-refractivity contribution < 1.29 is 4.79 Å². The van der Waals surface area contributed by atoms with Crippen LogP contribution in [0.5, 0.6) is 0 Å². The number of rotatable bonds is 7. The van der Waals surface area contributed by atoms with Gasteiger partial charge in [-0.2, -0.15) is 0 Å². The molecule has 104 valence electrons. The van der Waals surface area contributed by atoms with Crippen LogP contribution >= 0.6 is 23.2 Å². The lowest BCUT2D eigenvalue weighted by molar-refractivity contribution is 0.0927.